The molecule has 22 heavy (non-hydrogen) atoms. The molecule has 1 aromatic heterocycles. The zero-order valence-electron chi connectivity index (χ0n) is 11.8. The molecule has 6 nitrogen and oxygen atoms in total. The second-order valence-electron chi connectivity index (χ2n) is 5.07. The van der Waals surface area contributed by atoms with Crippen LogP contribution in [0.4, 0.5) is 0 Å². The van der Waals surface area contributed by atoms with E-state index in [0.717, 1.165) is 5.56 Å². The van der Waals surface area contributed by atoms with E-state index in [1.165, 1.54) is 4.57 Å². The monoisotopic (exact) mass is 322 g/mol. The summed E-state index contributed by atoms with van der Waals surface area (Å²) >= 11 is 5.98. The van der Waals surface area contributed by atoms with Gasteiger partial charge in [0.05, 0.1) is 25.0 Å². The molecule has 0 saturated heterocycles. The van der Waals surface area contributed by atoms with Gasteiger partial charge in [-0.15, -0.1) is 0 Å². The molecule has 0 bridgehead atoms. The number of ether oxygens (including phenoxy) is 2. The third kappa shape index (κ3) is 3.14. The summed E-state index contributed by atoms with van der Waals surface area (Å²) in [4.78, 5) is 25.4. The van der Waals surface area contributed by atoms with Gasteiger partial charge in [-0.3, -0.25) is 14.3 Å². The summed E-state index contributed by atoms with van der Waals surface area (Å²) in [5.74, 6) is 0. The Hall–Kier alpha value is -1.89. The summed E-state index contributed by atoms with van der Waals surface area (Å²) in [5.41, 5.74) is 0.496. The Morgan fingerprint density at radius 3 is 2.86 bits per heavy atom. The van der Waals surface area contributed by atoms with Gasteiger partial charge in [0.2, 0.25) is 0 Å². The van der Waals surface area contributed by atoms with E-state index in [9.17, 15) is 9.59 Å². The van der Waals surface area contributed by atoms with E-state index < -0.39 is 11.2 Å². The minimum absolute atomic E-state index is 0.0379. The van der Waals surface area contributed by atoms with Gasteiger partial charge in [0, 0.05) is 6.42 Å². The molecule has 1 aliphatic rings. The van der Waals surface area contributed by atoms with Crippen LogP contribution in [0.3, 0.4) is 0 Å². The van der Waals surface area contributed by atoms with E-state index in [0.29, 0.717) is 25.3 Å². The molecule has 1 N–H and O–H groups in total. The number of halogens is 1. The number of rotatable bonds is 4. The SMILES string of the molecule is O=c1[nH]c(=O)n2c(c1Cl)CC(COCc1ccccc1)OC2. The molecular formula is C15H15ClN2O4. The Balaban J connectivity index is 1.65. The lowest BCUT2D eigenvalue weighted by Gasteiger charge is -2.26. The molecule has 2 aromatic rings. The van der Waals surface area contributed by atoms with Gasteiger partial charge in [-0.1, -0.05) is 41.9 Å². The van der Waals surface area contributed by atoms with Crippen molar-refractivity contribution in [1.82, 2.24) is 9.55 Å². The molecule has 1 unspecified atom stereocenters. The van der Waals surface area contributed by atoms with E-state index >= 15 is 0 Å². The van der Waals surface area contributed by atoms with Crippen LogP contribution in [0.15, 0.2) is 39.9 Å². The third-order valence-corrected chi connectivity index (χ3v) is 3.91. The fourth-order valence-electron chi connectivity index (χ4n) is 2.37. The molecule has 0 radical (unpaired) electrons. The first-order valence-corrected chi connectivity index (χ1v) is 7.27. The quantitative estimate of drug-likeness (QED) is 0.921. The molecule has 3 rings (SSSR count). The van der Waals surface area contributed by atoms with Crippen LogP contribution in [0.25, 0.3) is 0 Å². The molecular weight excluding hydrogens is 308 g/mol. The lowest BCUT2D eigenvalue weighted by atomic mass is 10.1. The Kier molecular flexibility index (Phi) is 4.42. The van der Waals surface area contributed by atoms with Crippen molar-refractivity contribution in [3.8, 4) is 0 Å². The minimum Gasteiger partial charge on any atom is -0.374 e. The Morgan fingerprint density at radius 2 is 2.09 bits per heavy atom. The zero-order chi connectivity index (χ0) is 15.5. The molecule has 7 heteroatoms. The van der Waals surface area contributed by atoms with Crippen molar-refractivity contribution >= 4 is 11.6 Å². The number of hydrogen-bond donors (Lipinski definition) is 1. The maximum atomic E-state index is 11.7. The fraction of sp³-hybridized carbons (Fsp3) is 0.333. The number of nitrogens with one attached hydrogen (secondary N) is 1. The normalized spacial score (nSPS) is 17.2. The fourth-order valence-corrected chi connectivity index (χ4v) is 2.60. The van der Waals surface area contributed by atoms with Crippen LogP contribution in [-0.2, 0) is 29.2 Å². The van der Waals surface area contributed by atoms with Gasteiger partial charge in [0.15, 0.2) is 0 Å². The number of aromatic nitrogens is 2. The summed E-state index contributed by atoms with van der Waals surface area (Å²) in [6.45, 7) is 0.910. The Bertz CT molecular complexity index is 769. The zero-order valence-corrected chi connectivity index (χ0v) is 12.5. The van der Waals surface area contributed by atoms with Crippen LogP contribution in [-0.4, -0.2) is 22.3 Å². The number of fused-ring (bicyclic) bond motifs is 1. The van der Waals surface area contributed by atoms with Crippen LogP contribution in [0.2, 0.25) is 5.02 Å². The molecule has 0 fully saturated rings. The first-order chi connectivity index (χ1) is 10.6. The first-order valence-electron chi connectivity index (χ1n) is 6.90. The molecule has 0 spiro atoms. The van der Waals surface area contributed by atoms with E-state index in [1.54, 1.807) is 0 Å². The van der Waals surface area contributed by atoms with Crippen LogP contribution < -0.4 is 11.2 Å². The molecule has 116 valence electrons. The summed E-state index contributed by atoms with van der Waals surface area (Å²) in [7, 11) is 0. The van der Waals surface area contributed by atoms with Crippen LogP contribution in [0.5, 0.6) is 0 Å². The van der Waals surface area contributed by atoms with Crippen LogP contribution >= 0.6 is 11.6 Å². The van der Waals surface area contributed by atoms with Crippen molar-refractivity contribution in [2.45, 2.75) is 25.9 Å². The van der Waals surface area contributed by atoms with Crippen molar-refractivity contribution < 1.29 is 9.47 Å². The number of benzene rings is 1. The van der Waals surface area contributed by atoms with Crippen LogP contribution in [0.1, 0.15) is 11.3 Å². The molecule has 0 amide bonds. The predicted octanol–water partition coefficient (Wildman–Crippen LogP) is 1.31. The van der Waals surface area contributed by atoms with Gasteiger partial charge >= 0.3 is 5.69 Å². The highest BCUT2D eigenvalue weighted by Gasteiger charge is 2.24. The lowest BCUT2D eigenvalue weighted by molar-refractivity contribution is -0.0653. The van der Waals surface area contributed by atoms with Gasteiger partial charge in [-0.2, -0.15) is 0 Å². The van der Waals surface area contributed by atoms with Crippen molar-refractivity contribution in [3.63, 3.8) is 0 Å². The number of aromatic amines is 1. The van der Waals surface area contributed by atoms with Crippen molar-refractivity contribution in [2.75, 3.05) is 6.61 Å². The van der Waals surface area contributed by atoms with Crippen molar-refractivity contribution in [1.29, 1.82) is 0 Å². The number of H-pyrrole nitrogens is 1. The second-order valence-corrected chi connectivity index (χ2v) is 5.45. The average molecular weight is 323 g/mol. The Morgan fingerprint density at radius 1 is 1.32 bits per heavy atom. The minimum atomic E-state index is -0.566. The largest absolute Gasteiger partial charge is 0.374 e. The van der Waals surface area contributed by atoms with Gasteiger partial charge < -0.3 is 9.47 Å². The molecule has 1 aromatic carbocycles. The highest BCUT2D eigenvalue weighted by atomic mass is 35.5. The van der Waals surface area contributed by atoms with Crippen LogP contribution in [0, 0.1) is 0 Å². The Labute approximate surface area is 131 Å². The summed E-state index contributed by atoms with van der Waals surface area (Å²) in [6, 6.07) is 9.80. The maximum Gasteiger partial charge on any atom is 0.330 e. The smallest absolute Gasteiger partial charge is 0.330 e. The van der Waals surface area contributed by atoms with E-state index in [1.807, 2.05) is 30.3 Å². The third-order valence-electron chi connectivity index (χ3n) is 3.52. The van der Waals surface area contributed by atoms with Gasteiger partial charge in [0.1, 0.15) is 11.8 Å². The predicted molar refractivity (Wildman–Crippen MR) is 81.0 cm³/mol. The molecule has 1 aliphatic heterocycles. The van der Waals surface area contributed by atoms with E-state index in [4.69, 9.17) is 21.1 Å². The summed E-state index contributed by atoms with van der Waals surface area (Å²) < 4.78 is 12.5. The van der Waals surface area contributed by atoms with E-state index in [-0.39, 0.29) is 17.9 Å². The van der Waals surface area contributed by atoms with Gasteiger partial charge in [0.25, 0.3) is 5.56 Å². The molecule has 0 aliphatic carbocycles. The van der Waals surface area contributed by atoms with Gasteiger partial charge in [-0.05, 0) is 5.56 Å². The summed E-state index contributed by atoms with van der Waals surface area (Å²) in [5, 5.41) is 0.0379. The molecule has 1 atom stereocenters. The second kappa shape index (κ2) is 6.48. The highest BCUT2D eigenvalue weighted by Crippen LogP contribution is 2.18. The topological polar surface area (TPSA) is 73.3 Å². The standard InChI is InChI=1S/C15H15ClN2O4/c16-13-12-6-11(8-21-7-10-4-2-1-3-5-10)22-9-18(12)15(20)17-14(13)19/h1-5,11H,6-9H2,(H,17,19,20). The first kappa shape index (κ1) is 15.0. The molecule has 2 heterocycles. The number of hydrogen-bond acceptors (Lipinski definition) is 4. The van der Waals surface area contributed by atoms with Crippen molar-refractivity contribution in [3.05, 3.63) is 67.4 Å². The van der Waals surface area contributed by atoms with Crippen molar-refractivity contribution in [2.24, 2.45) is 0 Å². The maximum absolute atomic E-state index is 11.7. The summed E-state index contributed by atoms with van der Waals surface area (Å²) in [6.07, 6.45) is 0.134. The average Bonchev–Trinajstić information content (AvgIpc) is 2.54. The highest BCUT2D eigenvalue weighted by molar-refractivity contribution is 6.31. The molecule has 0 saturated carbocycles. The lowest BCUT2D eigenvalue weighted by Crippen LogP contribution is -2.41. The van der Waals surface area contributed by atoms with E-state index in [2.05, 4.69) is 4.98 Å². The number of nitrogens with zero attached hydrogens (tertiary/aromatic N) is 1. The van der Waals surface area contributed by atoms with Gasteiger partial charge in [-0.25, -0.2) is 4.79 Å².